The molecule has 2 aromatic carbocycles. The zero-order valence-corrected chi connectivity index (χ0v) is 14.8. The molecule has 0 fully saturated rings. The zero-order valence-electron chi connectivity index (χ0n) is 14.8. The largest absolute Gasteiger partial charge is 0.486 e. The fourth-order valence-corrected chi connectivity index (χ4v) is 3.15. The van der Waals surface area contributed by atoms with Crippen LogP contribution in [0.25, 0.3) is 0 Å². The number of hydrogen-bond donors (Lipinski definition) is 1. The number of nitrogens with one attached hydrogen (secondary N) is 1. The van der Waals surface area contributed by atoms with E-state index in [1.807, 2.05) is 18.2 Å². The molecule has 1 N–H and O–H groups in total. The molecule has 6 nitrogen and oxygen atoms in total. The maximum atomic E-state index is 12.8. The Morgan fingerprint density at radius 2 is 1.54 bits per heavy atom. The summed E-state index contributed by atoms with van der Waals surface area (Å²) in [5.41, 5.74) is 1.52. The second-order valence-corrected chi connectivity index (χ2v) is 6.67. The second-order valence-electron chi connectivity index (χ2n) is 6.67. The molecule has 2 heterocycles. The summed E-state index contributed by atoms with van der Waals surface area (Å²) in [5.74, 6) is 2.76. The molecule has 0 saturated carbocycles. The van der Waals surface area contributed by atoms with Crippen molar-refractivity contribution < 1.29 is 23.7 Å². The summed E-state index contributed by atoms with van der Waals surface area (Å²) in [6.45, 7) is 5.42. The van der Waals surface area contributed by atoms with Gasteiger partial charge in [-0.1, -0.05) is 19.9 Å². The van der Waals surface area contributed by atoms with Crippen LogP contribution >= 0.6 is 0 Å². The Morgan fingerprint density at radius 3 is 2.35 bits per heavy atom. The Hall–Kier alpha value is -2.89. The molecule has 0 unspecified atom stereocenters. The number of rotatable bonds is 4. The highest BCUT2D eigenvalue weighted by Gasteiger charge is 2.23. The van der Waals surface area contributed by atoms with Crippen LogP contribution in [0.4, 0.5) is 0 Å². The van der Waals surface area contributed by atoms with E-state index in [0.717, 1.165) is 17.1 Å². The predicted octanol–water partition coefficient (Wildman–Crippen LogP) is 3.31. The van der Waals surface area contributed by atoms with Crippen molar-refractivity contribution in [3.05, 3.63) is 47.5 Å². The van der Waals surface area contributed by atoms with Crippen LogP contribution in [-0.4, -0.2) is 25.9 Å². The fourth-order valence-electron chi connectivity index (χ4n) is 3.15. The lowest BCUT2D eigenvalue weighted by Crippen LogP contribution is -2.31. The molecule has 0 aromatic heterocycles. The lowest BCUT2D eigenvalue weighted by molar-refractivity contribution is 0.0925. The van der Waals surface area contributed by atoms with E-state index < -0.39 is 0 Å². The predicted molar refractivity (Wildman–Crippen MR) is 95.0 cm³/mol. The molecule has 0 saturated heterocycles. The standard InChI is InChI=1S/C20H21NO5/c1-12(2)19(13-3-5-15-17(9-13)24-8-7-23-15)21-20(22)14-4-6-16-18(10-14)26-11-25-16/h3-6,9-10,12,19H,7-8,11H2,1-2H3,(H,21,22)/t19-/m0/s1. The first kappa shape index (κ1) is 16.6. The van der Waals surface area contributed by atoms with Crippen molar-refractivity contribution in [2.24, 2.45) is 5.92 Å². The van der Waals surface area contributed by atoms with Crippen molar-refractivity contribution in [3.8, 4) is 23.0 Å². The summed E-state index contributed by atoms with van der Waals surface area (Å²) in [6.07, 6.45) is 0. The van der Waals surface area contributed by atoms with Crippen LogP contribution in [0.5, 0.6) is 23.0 Å². The lowest BCUT2D eigenvalue weighted by atomic mass is 9.95. The lowest BCUT2D eigenvalue weighted by Gasteiger charge is -2.25. The SMILES string of the molecule is CC(C)[C@H](NC(=O)c1ccc2c(c1)OCO2)c1ccc2c(c1)OCCO2. The van der Waals surface area contributed by atoms with Crippen molar-refractivity contribution in [1.82, 2.24) is 5.32 Å². The van der Waals surface area contributed by atoms with E-state index in [2.05, 4.69) is 19.2 Å². The first-order valence-electron chi connectivity index (χ1n) is 8.72. The Labute approximate surface area is 152 Å². The van der Waals surface area contributed by atoms with Crippen molar-refractivity contribution in [2.75, 3.05) is 20.0 Å². The fraction of sp³-hybridized carbons (Fsp3) is 0.350. The van der Waals surface area contributed by atoms with Crippen LogP contribution in [0.15, 0.2) is 36.4 Å². The summed E-state index contributed by atoms with van der Waals surface area (Å²) in [6, 6.07) is 10.9. The van der Waals surface area contributed by atoms with Gasteiger partial charge in [0.15, 0.2) is 23.0 Å². The van der Waals surface area contributed by atoms with Crippen LogP contribution in [0.1, 0.15) is 35.8 Å². The first-order chi connectivity index (χ1) is 12.6. The molecule has 6 heteroatoms. The second kappa shape index (κ2) is 6.78. The van der Waals surface area contributed by atoms with Gasteiger partial charge in [0.25, 0.3) is 5.91 Å². The van der Waals surface area contributed by atoms with Gasteiger partial charge in [-0.15, -0.1) is 0 Å². The molecule has 0 aliphatic carbocycles. The summed E-state index contributed by atoms with van der Waals surface area (Å²) in [4.78, 5) is 12.8. The van der Waals surface area contributed by atoms with Crippen LogP contribution in [0, 0.1) is 5.92 Å². The number of benzene rings is 2. The van der Waals surface area contributed by atoms with Crippen LogP contribution < -0.4 is 24.3 Å². The van der Waals surface area contributed by atoms with Gasteiger partial charge in [0.1, 0.15) is 13.2 Å². The number of amides is 1. The zero-order chi connectivity index (χ0) is 18.1. The molecular formula is C20H21NO5. The quantitative estimate of drug-likeness (QED) is 0.911. The third kappa shape index (κ3) is 3.14. The number of hydrogen-bond acceptors (Lipinski definition) is 5. The minimum Gasteiger partial charge on any atom is -0.486 e. The van der Waals surface area contributed by atoms with Gasteiger partial charge in [-0.3, -0.25) is 4.79 Å². The van der Waals surface area contributed by atoms with E-state index in [1.165, 1.54) is 0 Å². The third-order valence-corrected chi connectivity index (χ3v) is 4.51. The van der Waals surface area contributed by atoms with Crippen molar-refractivity contribution >= 4 is 5.91 Å². The molecule has 0 radical (unpaired) electrons. The van der Waals surface area contributed by atoms with E-state index in [9.17, 15) is 4.79 Å². The van der Waals surface area contributed by atoms with Crippen molar-refractivity contribution in [3.63, 3.8) is 0 Å². The van der Waals surface area contributed by atoms with Gasteiger partial charge >= 0.3 is 0 Å². The van der Waals surface area contributed by atoms with Crippen molar-refractivity contribution in [1.29, 1.82) is 0 Å². The highest BCUT2D eigenvalue weighted by Crippen LogP contribution is 2.35. The number of fused-ring (bicyclic) bond motifs is 2. The molecule has 4 rings (SSSR count). The molecule has 0 spiro atoms. The number of ether oxygens (including phenoxy) is 4. The average molecular weight is 355 g/mol. The Balaban J connectivity index is 1.56. The molecule has 136 valence electrons. The highest BCUT2D eigenvalue weighted by atomic mass is 16.7. The van der Waals surface area contributed by atoms with Crippen molar-refractivity contribution in [2.45, 2.75) is 19.9 Å². The van der Waals surface area contributed by atoms with Crippen LogP contribution in [-0.2, 0) is 0 Å². The Morgan fingerprint density at radius 1 is 0.885 bits per heavy atom. The number of carbonyl (C=O) groups excluding carboxylic acids is 1. The molecular weight excluding hydrogens is 334 g/mol. The van der Waals surface area contributed by atoms with Gasteiger partial charge < -0.3 is 24.3 Å². The molecule has 1 atom stereocenters. The number of carbonyl (C=O) groups is 1. The Bertz CT molecular complexity index is 833. The summed E-state index contributed by atoms with van der Waals surface area (Å²) < 4.78 is 21.9. The summed E-state index contributed by atoms with van der Waals surface area (Å²) in [7, 11) is 0. The molecule has 26 heavy (non-hydrogen) atoms. The first-order valence-corrected chi connectivity index (χ1v) is 8.72. The Kier molecular flexibility index (Phi) is 4.32. The van der Waals surface area contributed by atoms with Gasteiger partial charge in [0.2, 0.25) is 6.79 Å². The normalized spacial score (nSPS) is 15.7. The van der Waals surface area contributed by atoms with Gasteiger partial charge in [-0.2, -0.15) is 0 Å². The monoisotopic (exact) mass is 355 g/mol. The van der Waals surface area contributed by atoms with Gasteiger partial charge in [-0.05, 0) is 41.8 Å². The average Bonchev–Trinajstić information content (AvgIpc) is 3.13. The topological polar surface area (TPSA) is 66.0 Å². The minimum absolute atomic E-state index is 0.149. The molecule has 1 amide bonds. The summed E-state index contributed by atoms with van der Waals surface area (Å²) >= 11 is 0. The third-order valence-electron chi connectivity index (χ3n) is 4.51. The molecule has 2 aliphatic heterocycles. The minimum atomic E-state index is -0.156. The van der Waals surface area contributed by atoms with Gasteiger partial charge in [0, 0.05) is 5.56 Å². The van der Waals surface area contributed by atoms with E-state index in [-0.39, 0.29) is 24.7 Å². The molecule has 2 aromatic rings. The molecule has 0 bridgehead atoms. The van der Waals surface area contributed by atoms with Crippen LogP contribution in [0.3, 0.4) is 0 Å². The molecule has 2 aliphatic rings. The van der Waals surface area contributed by atoms with E-state index in [1.54, 1.807) is 18.2 Å². The van der Waals surface area contributed by atoms with E-state index in [4.69, 9.17) is 18.9 Å². The maximum absolute atomic E-state index is 12.8. The maximum Gasteiger partial charge on any atom is 0.251 e. The highest BCUT2D eigenvalue weighted by molar-refractivity contribution is 5.95. The van der Waals surface area contributed by atoms with Gasteiger partial charge in [0.05, 0.1) is 6.04 Å². The van der Waals surface area contributed by atoms with Crippen LogP contribution in [0.2, 0.25) is 0 Å². The smallest absolute Gasteiger partial charge is 0.251 e. The van der Waals surface area contributed by atoms with Gasteiger partial charge in [-0.25, -0.2) is 0 Å². The van der Waals surface area contributed by atoms with E-state index >= 15 is 0 Å². The van der Waals surface area contributed by atoms with E-state index in [0.29, 0.717) is 30.3 Å². The summed E-state index contributed by atoms with van der Waals surface area (Å²) in [5, 5.41) is 3.12.